The molecule has 0 bridgehead atoms. The number of hydrazine groups is 1. The van der Waals surface area contributed by atoms with Gasteiger partial charge in [0, 0.05) is 17.9 Å². The third-order valence-electron chi connectivity index (χ3n) is 8.76. The van der Waals surface area contributed by atoms with E-state index in [2.05, 4.69) is 30.8 Å². The average molecular weight is 359 g/mol. The highest BCUT2D eigenvalue weighted by Gasteiger charge is 2.58. The number of allylic oxidation sites excluding steroid dienone is 1. The summed E-state index contributed by atoms with van der Waals surface area (Å²) in [4.78, 5) is 23.8. The minimum atomic E-state index is -0.231. The molecule has 4 rings (SSSR count). The summed E-state index contributed by atoms with van der Waals surface area (Å²) in [6.45, 7) is 6.31. The van der Waals surface area contributed by atoms with Crippen LogP contribution >= 0.6 is 0 Å². The molecule has 1 unspecified atom stereocenters. The first-order valence-corrected chi connectivity index (χ1v) is 10.6. The van der Waals surface area contributed by atoms with Crippen molar-refractivity contribution in [2.24, 2.45) is 34.5 Å². The number of nitrogens with one attached hydrogen (secondary N) is 2. The minimum absolute atomic E-state index is 0.0262. The van der Waals surface area contributed by atoms with Crippen LogP contribution in [-0.2, 0) is 9.59 Å². The Morgan fingerprint density at radius 2 is 1.81 bits per heavy atom. The Morgan fingerprint density at radius 3 is 2.58 bits per heavy atom. The van der Waals surface area contributed by atoms with Crippen molar-refractivity contribution in [2.45, 2.75) is 78.6 Å². The standard InChI is InChI=1S/C22H34N2O2/c1-14(25)23-24-20(26)19-10-9-17-16-8-7-15-6-4-5-12-21(15,2)18(16)11-13-22(17,19)3/h10,15-18H,4-9,11-13H2,1-3H3,(H,23,25)(H,24,26)/t15?,16-,17-,18-,21-,22-/m0/s1. The average Bonchev–Trinajstić information content (AvgIpc) is 2.96. The molecule has 0 aromatic heterocycles. The first kappa shape index (κ1) is 18.1. The maximum Gasteiger partial charge on any atom is 0.265 e. The van der Waals surface area contributed by atoms with E-state index in [4.69, 9.17) is 0 Å². The molecule has 0 aromatic rings. The van der Waals surface area contributed by atoms with Crippen LogP contribution in [0.4, 0.5) is 0 Å². The van der Waals surface area contributed by atoms with E-state index in [0.717, 1.165) is 36.2 Å². The van der Waals surface area contributed by atoms with Crippen LogP contribution in [0.1, 0.15) is 78.6 Å². The van der Waals surface area contributed by atoms with Crippen molar-refractivity contribution in [3.05, 3.63) is 11.6 Å². The number of fused-ring (bicyclic) bond motifs is 5. The number of carbonyl (C=O) groups is 2. The maximum absolute atomic E-state index is 12.7. The van der Waals surface area contributed by atoms with Gasteiger partial charge >= 0.3 is 0 Å². The van der Waals surface area contributed by atoms with E-state index in [1.165, 1.54) is 51.9 Å². The molecule has 4 aliphatic carbocycles. The summed E-state index contributed by atoms with van der Waals surface area (Å²) >= 11 is 0. The summed E-state index contributed by atoms with van der Waals surface area (Å²) in [5.41, 5.74) is 6.47. The van der Waals surface area contributed by atoms with Crippen LogP contribution in [0, 0.1) is 34.5 Å². The normalized spacial score (nSPS) is 44.2. The zero-order valence-corrected chi connectivity index (χ0v) is 16.6. The maximum atomic E-state index is 12.7. The molecule has 2 amide bonds. The molecule has 0 saturated heterocycles. The van der Waals surface area contributed by atoms with E-state index >= 15 is 0 Å². The molecular weight excluding hydrogens is 324 g/mol. The van der Waals surface area contributed by atoms with Gasteiger partial charge in [0.25, 0.3) is 5.91 Å². The number of amides is 2. The number of carbonyl (C=O) groups excluding carboxylic acids is 2. The van der Waals surface area contributed by atoms with Gasteiger partial charge in [0.2, 0.25) is 5.91 Å². The lowest BCUT2D eigenvalue weighted by molar-refractivity contribution is -0.128. The summed E-state index contributed by atoms with van der Waals surface area (Å²) in [7, 11) is 0. The number of rotatable bonds is 1. The van der Waals surface area contributed by atoms with E-state index in [-0.39, 0.29) is 17.2 Å². The van der Waals surface area contributed by atoms with E-state index < -0.39 is 0 Å². The van der Waals surface area contributed by atoms with Crippen LogP contribution in [0.15, 0.2) is 11.6 Å². The van der Waals surface area contributed by atoms with Crippen molar-refractivity contribution in [3.8, 4) is 0 Å². The lowest BCUT2D eigenvalue weighted by atomic mass is 9.45. The van der Waals surface area contributed by atoms with Gasteiger partial charge in [0.05, 0.1) is 0 Å². The van der Waals surface area contributed by atoms with Crippen LogP contribution in [0.2, 0.25) is 0 Å². The summed E-state index contributed by atoms with van der Waals surface area (Å²) in [6, 6.07) is 0. The largest absolute Gasteiger partial charge is 0.274 e. The summed E-state index contributed by atoms with van der Waals surface area (Å²) in [5, 5.41) is 0. The van der Waals surface area contributed by atoms with Gasteiger partial charge in [-0.2, -0.15) is 0 Å². The second-order valence-corrected chi connectivity index (χ2v) is 9.85. The van der Waals surface area contributed by atoms with Gasteiger partial charge in [0.1, 0.15) is 0 Å². The second kappa shape index (κ2) is 6.38. The zero-order valence-electron chi connectivity index (χ0n) is 16.6. The van der Waals surface area contributed by atoms with Crippen molar-refractivity contribution in [2.75, 3.05) is 0 Å². The lowest BCUT2D eigenvalue weighted by Crippen LogP contribution is -2.53. The molecule has 26 heavy (non-hydrogen) atoms. The summed E-state index contributed by atoms with van der Waals surface area (Å²) < 4.78 is 0. The van der Waals surface area contributed by atoms with Crippen LogP contribution in [0.3, 0.4) is 0 Å². The van der Waals surface area contributed by atoms with Crippen LogP contribution in [0.25, 0.3) is 0 Å². The van der Waals surface area contributed by atoms with Crippen molar-refractivity contribution < 1.29 is 9.59 Å². The molecule has 0 radical (unpaired) electrons. The number of hydrogen-bond donors (Lipinski definition) is 2. The summed E-state index contributed by atoms with van der Waals surface area (Å²) in [5.74, 6) is 2.78. The Kier molecular flexibility index (Phi) is 4.44. The van der Waals surface area contributed by atoms with Crippen LogP contribution in [-0.4, -0.2) is 11.8 Å². The van der Waals surface area contributed by atoms with Crippen LogP contribution < -0.4 is 10.9 Å². The molecule has 6 atom stereocenters. The third kappa shape index (κ3) is 2.63. The monoisotopic (exact) mass is 358 g/mol. The predicted octanol–water partition coefficient (Wildman–Crippen LogP) is 4.12. The SMILES string of the molecule is CC(=O)NNC(=O)C1=CC[C@H]2[C@@H]3CCC4CCCC[C@]4(C)[C@H]3CC[C@]12C. The molecule has 4 aliphatic rings. The van der Waals surface area contributed by atoms with Crippen molar-refractivity contribution in [1.29, 1.82) is 0 Å². The molecule has 0 aliphatic heterocycles. The van der Waals surface area contributed by atoms with E-state index in [1.54, 1.807) is 0 Å². The molecule has 0 aromatic carbocycles. The fourth-order valence-electron chi connectivity index (χ4n) is 7.43. The Labute approximate surface area is 157 Å². The molecule has 3 fully saturated rings. The fraction of sp³-hybridized carbons (Fsp3) is 0.818. The quantitative estimate of drug-likeness (QED) is 0.693. The van der Waals surface area contributed by atoms with Gasteiger partial charge in [-0.05, 0) is 74.0 Å². The van der Waals surface area contributed by atoms with E-state index in [0.29, 0.717) is 11.3 Å². The molecule has 3 saturated carbocycles. The highest BCUT2D eigenvalue weighted by atomic mass is 16.2. The van der Waals surface area contributed by atoms with Gasteiger partial charge in [-0.1, -0.05) is 32.8 Å². The fourth-order valence-corrected chi connectivity index (χ4v) is 7.43. The van der Waals surface area contributed by atoms with Crippen LogP contribution in [0.5, 0.6) is 0 Å². The molecule has 144 valence electrons. The first-order valence-electron chi connectivity index (χ1n) is 10.6. The van der Waals surface area contributed by atoms with Gasteiger partial charge < -0.3 is 0 Å². The van der Waals surface area contributed by atoms with E-state index in [1.807, 2.05) is 0 Å². The first-order chi connectivity index (χ1) is 12.4. The zero-order chi connectivity index (χ0) is 18.5. The molecule has 4 heteroatoms. The topological polar surface area (TPSA) is 58.2 Å². The highest BCUT2D eigenvalue weighted by molar-refractivity contribution is 5.96. The molecule has 0 spiro atoms. The molecule has 2 N–H and O–H groups in total. The summed E-state index contributed by atoms with van der Waals surface area (Å²) in [6.07, 6.45) is 14.0. The minimum Gasteiger partial charge on any atom is -0.274 e. The Morgan fingerprint density at radius 1 is 1.00 bits per heavy atom. The smallest absolute Gasteiger partial charge is 0.265 e. The Hall–Kier alpha value is -1.32. The van der Waals surface area contributed by atoms with E-state index in [9.17, 15) is 9.59 Å². The van der Waals surface area contributed by atoms with Crippen molar-refractivity contribution in [1.82, 2.24) is 10.9 Å². The third-order valence-corrected chi connectivity index (χ3v) is 8.76. The second-order valence-electron chi connectivity index (χ2n) is 9.85. The lowest BCUT2D eigenvalue weighted by Gasteiger charge is -2.60. The molecular formula is C22H34N2O2. The molecule has 0 heterocycles. The predicted molar refractivity (Wildman–Crippen MR) is 102 cm³/mol. The van der Waals surface area contributed by atoms with Gasteiger partial charge in [-0.15, -0.1) is 0 Å². The van der Waals surface area contributed by atoms with Crippen molar-refractivity contribution >= 4 is 11.8 Å². The Bertz CT molecular complexity index is 642. The van der Waals surface area contributed by atoms with Crippen molar-refractivity contribution in [3.63, 3.8) is 0 Å². The van der Waals surface area contributed by atoms with Gasteiger partial charge in [-0.25, -0.2) is 0 Å². The van der Waals surface area contributed by atoms with Gasteiger partial charge in [-0.3, -0.25) is 20.4 Å². The van der Waals surface area contributed by atoms with Gasteiger partial charge in [0.15, 0.2) is 0 Å². The molecule has 4 nitrogen and oxygen atoms in total. The Balaban J connectivity index is 1.54. The highest BCUT2D eigenvalue weighted by Crippen LogP contribution is 2.66. The number of hydrogen-bond acceptors (Lipinski definition) is 2.